The molecule has 2 heterocycles. The monoisotopic (exact) mass is 344 g/mol. The number of hydrogen-bond acceptors (Lipinski definition) is 2. The number of piperidine rings is 1. The largest absolute Gasteiger partial charge is 0.332 e. The molecule has 21 heavy (non-hydrogen) atoms. The van der Waals surface area contributed by atoms with E-state index in [9.17, 15) is 4.79 Å². The van der Waals surface area contributed by atoms with E-state index in [2.05, 4.69) is 27.0 Å². The number of amides is 1. The average molecular weight is 345 g/mol. The number of carbonyl (C=O) groups excluding carboxylic acids is 1. The number of hydrogen-bond donors (Lipinski definition) is 0. The number of benzene rings is 1. The van der Waals surface area contributed by atoms with Crippen molar-refractivity contribution in [1.29, 1.82) is 0 Å². The third-order valence-electron chi connectivity index (χ3n) is 3.92. The first-order valence-corrected chi connectivity index (χ1v) is 8.01. The van der Waals surface area contributed by atoms with Gasteiger partial charge >= 0.3 is 0 Å². The third-order valence-corrected chi connectivity index (χ3v) is 4.45. The van der Waals surface area contributed by atoms with Crippen molar-refractivity contribution >= 4 is 21.8 Å². The fourth-order valence-corrected chi connectivity index (χ4v) is 3.12. The molecule has 3 nitrogen and oxygen atoms in total. The summed E-state index contributed by atoms with van der Waals surface area (Å²) in [5, 5.41) is 0. The molecule has 0 radical (unpaired) electrons. The molecule has 1 fully saturated rings. The van der Waals surface area contributed by atoms with Gasteiger partial charge in [-0.25, -0.2) is 0 Å². The SMILES string of the molecule is O=C(c1ccc(Br)cc1)N1CCCC[C@H]1c1cccnc1. The van der Waals surface area contributed by atoms with Crippen molar-refractivity contribution in [3.63, 3.8) is 0 Å². The van der Waals surface area contributed by atoms with Gasteiger partial charge < -0.3 is 4.90 Å². The summed E-state index contributed by atoms with van der Waals surface area (Å²) < 4.78 is 0.988. The maximum Gasteiger partial charge on any atom is 0.254 e. The standard InChI is InChI=1S/C17H17BrN2O/c18-15-8-6-13(7-9-15)17(21)20-11-2-1-5-16(20)14-4-3-10-19-12-14/h3-4,6-10,12,16H,1-2,5,11H2/t16-/m0/s1. The first kappa shape index (κ1) is 14.3. The molecule has 0 aliphatic carbocycles. The van der Waals surface area contributed by atoms with E-state index >= 15 is 0 Å². The van der Waals surface area contributed by atoms with E-state index in [1.54, 1.807) is 6.20 Å². The van der Waals surface area contributed by atoms with Gasteiger partial charge in [-0.1, -0.05) is 22.0 Å². The Balaban J connectivity index is 1.87. The molecular weight excluding hydrogens is 328 g/mol. The van der Waals surface area contributed by atoms with Crippen molar-refractivity contribution < 1.29 is 4.79 Å². The fraction of sp³-hybridized carbons (Fsp3) is 0.294. The van der Waals surface area contributed by atoms with Crippen LogP contribution in [0.4, 0.5) is 0 Å². The zero-order valence-electron chi connectivity index (χ0n) is 11.7. The van der Waals surface area contributed by atoms with Crippen molar-refractivity contribution in [3.8, 4) is 0 Å². The molecule has 1 amide bonds. The Morgan fingerprint density at radius 2 is 2.00 bits per heavy atom. The second-order valence-electron chi connectivity index (χ2n) is 5.30. The lowest BCUT2D eigenvalue weighted by Gasteiger charge is -2.36. The summed E-state index contributed by atoms with van der Waals surface area (Å²) in [6.07, 6.45) is 6.88. The van der Waals surface area contributed by atoms with E-state index in [1.165, 1.54) is 0 Å². The molecule has 1 aromatic heterocycles. The van der Waals surface area contributed by atoms with E-state index in [4.69, 9.17) is 0 Å². The highest BCUT2D eigenvalue weighted by atomic mass is 79.9. The van der Waals surface area contributed by atoms with Crippen molar-refractivity contribution in [1.82, 2.24) is 9.88 Å². The molecular formula is C17H17BrN2O. The molecule has 0 bridgehead atoms. The van der Waals surface area contributed by atoms with Crippen LogP contribution in [0.25, 0.3) is 0 Å². The number of pyridine rings is 1. The Morgan fingerprint density at radius 3 is 2.71 bits per heavy atom. The van der Waals surface area contributed by atoms with Gasteiger partial charge in [0.2, 0.25) is 0 Å². The lowest BCUT2D eigenvalue weighted by Crippen LogP contribution is -2.38. The van der Waals surface area contributed by atoms with Gasteiger partial charge in [-0.05, 0) is 55.2 Å². The first-order valence-electron chi connectivity index (χ1n) is 7.22. The molecule has 1 aliphatic heterocycles. The quantitative estimate of drug-likeness (QED) is 0.817. The lowest BCUT2D eigenvalue weighted by molar-refractivity contribution is 0.0611. The molecule has 2 aromatic rings. The van der Waals surface area contributed by atoms with E-state index < -0.39 is 0 Å². The topological polar surface area (TPSA) is 33.2 Å². The second-order valence-corrected chi connectivity index (χ2v) is 6.22. The van der Waals surface area contributed by atoms with Crippen LogP contribution in [-0.2, 0) is 0 Å². The first-order chi connectivity index (χ1) is 10.3. The molecule has 108 valence electrons. The van der Waals surface area contributed by atoms with Crippen LogP contribution in [0.1, 0.15) is 41.2 Å². The molecule has 3 rings (SSSR count). The van der Waals surface area contributed by atoms with Crippen molar-refractivity contribution in [3.05, 3.63) is 64.4 Å². The number of nitrogens with zero attached hydrogens (tertiary/aromatic N) is 2. The maximum absolute atomic E-state index is 12.8. The Labute approximate surface area is 133 Å². The minimum absolute atomic E-state index is 0.107. The molecule has 4 heteroatoms. The minimum Gasteiger partial charge on any atom is -0.332 e. The van der Waals surface area contributed by atoms with Crippen molar-refractivity contribution in [2.24, 2.45) is 0 Å². The van der Waals surface area contributed by atoms with Gasteiger partial charge in [0.15, 0.2) is 0 Å². The van der Waals surface area contributed by atoms with Gasteiger partial charge in [0.05, 0.1) is 6.04 Å². The van der Waals surface area contributed by atoms with Gasteiger partial charge in [-0.2, -0.15) is 0 Å². The molecule has 1 saturated heterocycles. The molecule has 1 atom stereocenters. The second kappa shape index (κ2) is 6.39. The molecule has 0 spiro atoms. The predicted molar refractivity (Wildman–Crippen MR) is 86.0 cm³/mol. The average Bonchev–Trinajstić information content (AvgIpc) is 2.56. The van der Waals surface area contributed by atoms with E-state index in [-0.39, 0.29) is 11.9 Å². The van der Waals surface area contributed by atoms with Crippen LogP contribution in [-0.4, -0.2) is 22.3 Å². The van der Waals surface area contributed by atoms with E-state index in [0.717, 1.165) is 41.4 Å². The number of aromatic nitrogens is 1. The van der Waals surface area contributed by atoms with Gasteiger partial charge in [-0.15, -0.1) is 0 Å². The van der Waals surface area contributed by atoms with Gasteiger partial charge in [-0.3, -0.25) is 9.78 Å². The normalized spacial score (nSPS) is 18.5. The highest BCUT2D eigenvalue weighted by Crippen LogP contribution is 2.31. The zero-order chi connectivity index (χ0) is 14.7. The van der Waals surface area contributed by atoms with Crippen LogP contribution in [0.15, 0.2) is 53.3 Å². The summed E-state index contributed by atoms with van der Waals surface area (Å²) in [7, 11) is 0. The summed E-state index contributed by atoms with van der Waals surface area (Å²) in [4.78, 5) is 19.0. The van der Waals surface area contributed by atoms with Crippen LogP contribution in [0.5, 0.6) is 0 Å². The number of rotatable bonds is 2. The van der Waals surface area contributed by atoms with Gasteiger partial charge in [0.25, 0.3) is 5.91 Å². The highest BCUT2D eigenvalue weighted by molar-refractivity contribution is 9.10. The molecule has 0 N–H and O–H groups in total. The molecule has 1 aliphatic rings. The van der Waals surface area contributed by atoms with Gasteiger partial charge in [0.1, 0.15) is 0 Å². The van der Waals surface area contributed by atoms with Crippen LogP contribution in [0.3, 0.4) is 0 Å². The minimum atomic E-state index is 0.107. The van der Waals surface area contributed by atoms with Crippen LogP contribution >= 0.6 is 15.9 Å². The number of likely N-dealkylation sites (tertiary alicyclic amines) is 1. The molecule has 1 aromatic carbocycles. The Hall–Kier alpha value is -1.68. The van der Waals surface area contributed by atoms with E-state index in [1.807, 2.05) is 41.4 Å². The number of carbonyl (C=O) groups is 1. The summed E-state index contributed by atoms with van der Waals surface area (Å²) in [6, 6.07) is 11.7. The predicted octanol–water partition coefficient (Wildman–Crippen LogP) is 4.21. The van der Waals surface area contributed by atoms with Crippen molar-refractivity contribution in [2.45, 2.75) is 25.3 Å². The van der Waals surface area contributed by atoms with Crippen LogP contribution in [0, 0.1) is 0 Å². The highest BCUT2D eigenvalue weighted by Gasteiger charge is 2.28. The Kier molecular flexibility index (Phi) is 4.34. The Bertz CT molecular complexity index is 612. The summed E-state index contributed by atoms with van der Waals surface area (Å²) in [6.45, 7) is 0.814. The summed E-state index contributed by atoms with van der Waals surface area (Å²) in [5.41, 5.74) is 1.87. The Morgan fingerprint density at radius 1 is 1.19 bits per heavy atom. The zero-order valence-corrected chi connectivity index (χ0v) is 13.3. The van der Waals surface area contributed by atoms with E-state index in [0.29, 0.717) is 0 Å². The third kappa shape index (κ3) is 3.16. The lowest BCUT2D eigenvalue weighted by atomic mass is 9.95. The number of halogens is 1. The van der Waals surface area contributed by atoms with Gasteiger partial charge in [0, 0.05) is 29.0 Å². The summed E-state index contributed by atoms with van der Waals surface area (Å²) >= 11 is 3.41. The molecule has 0 saturated carbocycles. The summed E-state index contributed by atoms with van der Waals surface area (Å²) in [5.74, 6) is 0.107. The van der Waals surface area contributed by atoms with Crippen molar-refractivity contribution in [2.75, 3.05) is 6.54 Å². The molecule has 0 unspecified atom stereocenters. The maximum atomic E-state index is 12.8. The fourth-order valence-electron chi connectivity index (χ4n) is 2.85. The van der Waals surface area contributed by atoms with Crippen LogP contribution in [0.2, 0.25) is 0 Å². The van der Waals surface area contributed by atoms with Crippen LogP contribution < -0.4 is 0 Å². The smallest absolute Gasteiger partial charge is 0.254 e.